The molecule has 1 N–H and O–H groups in total. The second-order valence-corrected chi connectivity index (χ2v) is 14.3. The summed E-state index contributed by atoms with van der Waals surface area (Å²) in [6.45, 7) is 0. The molecule has 2 aliphatic rings. The van der Waals surface area contributed by atoms with Crippen LogP contribution in [0.4, 0.5) is 0 Å². The van der Waals surface area contributed by atoms with Crippen molar-refractivity contribution in [2.45, 2.75) is 30.4 Å². The number of hydrogen-bond acceptors (Lipinski definition) is 8. The molecule has 2 amide bonds. The molecule has 1 fully saturated rings. The van der Waals surface area contributed by atoms with Crippen LogP contribution in [0.3, 0.4) is 0 Å². The van der Waals surface area contributed by atoms with Gasteiger partial charge in [-0.1, -0.05) is 133 Å². The minimum Gasteiger partial charge on any atom is -0.448 e. The molecule has 0 spiro atoms. The minimum atomic E-state index is -0.774. The van der Waals surface area contributed by atoms with Crippen molar-refractivity contribution in [2.75, 3.05) is 5.75 Å². The molecular formula is C41H34N4O5S2. The highest BCUT2D eigenvalue weighted by atomic mass is 32.2. The summed E-state index contributed by atoms with van der Waals surface area (Å²) in [6, 6.07) is 37.0. The fourth-order valence-corrected chi connectivity index (χ4v) is 8.38. The molecule has 0 bridgehead atoms. The normalized spacial score (nSPS) is 16.8. The molecule has 52 heavy (non-hydrogen) atoms. The zero-order valence-electron chi connectivity index (χ0n) is 27.9. The van der Waals surface area contributed by atoms with Gasteiger partial charge < -0.3 is 10.1 Å². The second kappa shape index (κ2) is 16.1. The van der Waals surface area contributed by atoms with Gasteiger partial charge in [0.25, 0.3) is 11.8 Å². The number of β-lactam (4-membered cyclic amide) rings is 1. The Kier molecular flexibility index (Phi) is 10.8. The predicted molar refractivity (Wildman–Crippen MR) is 203 cm³/mol. The summed E-state index contributed by atoms with van der Waals surface area (Å²) in [5.74, 6) is -1.02. The lowest BCUT2D eigenvalue weighted by Crippen LogP contribution is -2.70. The van der Waals surface area contributed by atoms with Crippen molar-refractivity contribution < 1.29 is 23.9 Å². The van der Waals surface area contributed by atoms with E-state index in [4.69, 9.17) is 4.74 Å². The highest BCUT2D eigenvalue weighted by Crippen LogP contribution is 2.45. The lowest BCUT2D eigenvalue weighted by atomic mass is 10.0. The number of hydrogen-bond donors (Lipinski definition) is 1. The number of thioether (sulfide) groups is 2. The van der Waals surface area contributed by atoms with Crippen LogP contribution in [-0.2, 0) is 32.0 Å². The monoisotopic (exact) mass is 726 g/mol. The molecular weight excluding hydrogens is 693 g/mol. The van der Waals surface area contributed by atoms with Crippen molar-refractivity contribution in [3.8, 4) is 0 Å². The van der Waals surface area contributed by atoms with Crippen molar-refractivity contribution >= 4 is 53.3 Å². The zero-order valence-corrected chi connectivity index (χ0v) is 29.5. The van der Waals surface area contributed by atoms with Gasteiger partial charge in [0.15, 0.2) is 6.10 Å². The van der Waals surface area contributed by atoms with Crippen molar-refractivity contribution in [1.29, 1.82) is 0 Å². The maximum absolute atomic E-state index is 14.3. The topological polar surface area (TPSA) is 111 Å². The van der Waals surface area contributed by atoms with E-state index in [0.29, 0.717) is 16.2 Å². The fourth-order valence-electron chi connectivity index (χ4n) is 6.03. The third-order valence-corrected chi connectivity index (χ3v) is 11.0. The number of aromatic nitrogens is 2. The molecule has 1 saturated heterocycles. The summed E-state index contributed by atoms with van der Waals surface area (Å²) in [5.41, 5.74) is 4.18. The Hall–Kier alpha value is -5.65. The molecule has 4 aromatic carbocycles. The summed E-state index contributed by atoms with van der Waals surface area (Å²) in [7, 11) is 0. The van der Waals surface area contributed by atoms with Gasteiger partial charge in [-0.2, -0.15) is 5.10 Å². The summed E-state index contributed by atoms with van der Waals surface area (Å²) >= 11 is 2.78. The molecule has 0 unspecified atom stereocenters. The van der Waals surface area contributed by atoms with Crippen LogP contribution in [0.15, 0.2) is 150 Å². The summed E-state index contributed by atoms with van der Waals surface area (Å²) in [5, 5.41) is 8.47. The third-order valence-electron chi connectivity index (χ3n) is 8.61. The highest BCUT2D eigenvalue weighted by molar-refractivity contribution is 8.08. The van der Waals surface area contributed by atoms with Gasteiger partial charge in [0.05, 0.1) is 19.0 Å². The van der Waals surface area contributed by atoms with E-state index in [0.717, 1.165) is 22.3 Å². The van der Waals surface area contributed by atoms with Gasteiger partial charge in [-0.15, -0.1) is 11.8 Å². The van der Waals surface area contributed by atoms with E-state index in [1.165, 1.54) is 33.1 Å². The predicted octanol–water partition coefficient (Wildman–Crippen LogP) is 6.66. The third kappa shape index (κ3) is 7.96. The van der Waals surface area contributed by atoms with E-state index < -0.39 is 23.5 Å². The van der Waals surface area contributed by atoms with Gasteiger partial charge in [-0.25, -0.2) is 9.48 Å². The van der Waals surface area contributed by atoms with Gasteiger partial charge in [-0.3, -0.25) is 19.3 Å². The molecule has 3 heterocycles. The lowest BCUT2D eigenvalue weighted by Gasteiger charge is -2.49. The first-order valence-electron chi connectivity index (χ1n) is 16.7. The van der Waals surface area contributed by atoms with Gasteiger partial charge in [0.2, 0.25) is 5.91 Å². The summed E-state index contributed by atoms with van der Waals surface area (Å²) in [4.78, 5) is 55.9. The van der Waals surface area contributed by atoms with Gasteiger partial charge in [0, 0.05) is 22.4 Å². The number of ether oxygens (including phenoxy) is 1. The quantitative estimate of drug-likeness (QED) is 0.112. The van der Waals surface area contributed by atoms with Gasteiger partial charge >= 0.3 is 5.97 Å². The lowest BCUT2D eigenvalue weighted by molar-refractivity contribution is -0.154. The summed E-state index contributed by atoms with van der Waals surface area (Å²) in [6.07, 6.45) is 4.71. The molecule has 0 saturated carbocycles. The Labute approximate surface area is 309 Å². The summed E-state index contributed by atoms with van der Waals surface area (Å²) < 4.78 is 7.57. The minimum absolute atomic E-state index is 0.142. The molecule has 0 aliphatic carbocycles. The van der Waals surface area contributed by atoms with E-state index in [-0.39, 0.29) is 36.3 Å². The molecule has 1 aromatic heterocycles. The molecule has 9 nitrogen and oxygen atoms in total. The van der Waals surface area contributed by atoms with Gasteiger partial charge in [-0.05, 0) is 33.7 Å². The molecule has 2 atom stereocenters. The number of nitrogens with one attached hydrogen (secondary N) is 1. The first kappa shape index (κ1) is 34.8. The van der Waals surface area contributed by atoms with Crippen LogP contribution < -0.4 is 5.32 Å². The number of carbonyl (C=O) groups is 4. The van der Waals surface area contributed by atoms with E-state index in [2.05, 4.69) is 10.4 Å². The van der Waals surface area contributed by atoms with E-state index in [9.17, 15) is 19.2 Å². The SMILES string of the molecule is O=C(Cc1ccccc1)N[C@@H]1C(=O)N2C(C(=O)OC(c3ccccc3)c3ccccc3)=C(S/C=C/c3cnn(C(=O)Cc4ccccc4)c3)CS[C@@H]12. The van der Waals surface area contributed by atoms with Crippen molar-refractivity contribution in [3.63, 3.8) is 0 Å². The van der Waals surface area contributed by atoms with E-state index in [1.54, 1.807) is 18.5 Å². The van der Waals surface area contributed by atoms with Crippen LogP contribution >= 0.6 is 23.5 Å². The maximum Gasteiger partial charge on any atom is 0.356 e. The molecule has 5 aromatic rings. The van der Waals surface area contributed by atoms with Crippen LogP contribution in [0, 0.1) is 0 Å². The van der Waals surface area contributed by atoms with Gasteiger partial charge in [0.1, 0.15) is 17.1 Å². The van der Waals surface area contributed by atoms with E-state index >= 15 is 0 Å². The standard InChI is InChI=1S/C41H34N4O5S2/c46-34(23-28-13-5-1-6-14-28)43-36-39(48)45-37(41(49)50-38(31-17-9-3-10-18-31)32-19-11-4-12-20-32)33(27-52-40(36)45)51-22-21-30-25-42-44(26-30)35(47)24-29-15-7-2-8-16-29/h1-22,25-26,36,38,40H,23-24,27H2,(H,43,46)/b22-21+/t36-,40+/m1/s1. The van der Waals surface area contributed by atoms with Crippen molar-refractivity contribution in [1.82, 2.24) is 20.0 Å². The number of esters is 1. The number of carbonyl (C=O) groups excluding carboxylic acids is 4. The van der Waals surface area contributed by atoms with Crippen LogP contribution in [0.1, 0.15) is 38.7 Å². The molecule has 7 rings (SSSR count). The Morgan fingerprint density at radius 1 is 0.846 bits per heavy atom. The Bertz CT molecular complexity index is 2080. The Morgan fingerprint density at radius 2 is 1.42 bits per heavy atom. The molecule has 2 aliphatic heterocycles. The zero-order chi connectivity index (χ0) is 35.9. The smallest absolute Gasteiger partial charge is 0.356 e. The Morgan fingerprint density at radius 3 is 2.04 bits per heavy atom. The van der Waals surface area contributed by atoms with E-state index in [1.807, 2.05) is 127 Å². The van der Waals surface area contributed by atoms with Crippen LogP contribution in [0.2, 0.25) is 0 Å². The second-order valence-electron chi connectivity index (χ2n) is 12.2. The number of amides is 2. The van der Waals surface area contributed by atoms with Crippen LogP contribution in [0.5, 0.6) is 0 Å². The maximum atomic E-state index is 14.3. The molecule has 0 radical (unpaired) electrons. The van der Waals surface area contributed by atoms with Crippen molar-refractivity contribution in [3.05, 3.63) is 178 Å². The average Bonchev–Trinajstić information content (AvgIpc) is 3.66. The number of rotatable bonds is 12. The molecule has 11 heteroatoms. The number of fused-ring (bicyclic) bond motifs is 1. The number of nitrogens with zero attached hydrogens (tertiary/aromatic N) is 3. The van der Waals surface area contributed by atoms with Crippen LogP contribution in [-0.4, -0.2) is 55.5 Å². The Balaban J connectivity index is 1.12. The highest BCUT2D eigenvalue weighted by Gasteiger charge is 2.54. The molecule has 260 valence electrons. The average molecular weight is 727 g/mol. The number of benzene rings is 4. The first-order valence-corrected chi connectivity index (χ1v) is 18.6. The van der Waals surface area contributed by atoms with Crippen molar-refractivity contribution in [2.24, 2.45) is 0 Å². The fraction of sp³-hybridized carbons (Fsp3) is 0.146. The largest absolute Gasteiger partial charge is 0.448 e. The first-order chi connectivity index (χ1) is 25.4. The van der Waals surface area contributed by atoms with Crippen LogP contribution in [0.25, 0.3) is 6.08 Å².